The first-order valence-corrected chi connectivity index (χ1v) is 5.51. The number of carbonyl (C=O) groups excluding carboxylic acids is 1. The zero-order chi connectivity index (χ0) is 13.7. The lowest BCUT2D eigenvalue weighted by atomic mass is 10.1. The molecule has 1 unspecified atom stereocenters. The number of nitrogens with zero attached hydrogens (tertiary/aromatic N) is 1. The van der Waals surface area contributed by atoms with Gasteiger partial charge in [-0.1, -0.05) is 12.1 Å². The highest BCUT2D eigenvalue weighted by atomic mass is 19.2. The molecule has 1 rings (SSSR count). The highest BCUT2D eigenvalue weighted by Gasteiger charge is 2.17. The predicted molar refractivity (Wildman–Crippen MR) is 65.6 cm³/mol. The Balaban J connectivity index is 2.68. The van der Waals surface area contributed by atoms with Gasteiger partial charge in [0.05, 0.1) is 6.04 Å². The molecule has 0 aliphatic carbocycles. The van der Waals surface area contributed by atoms with Crippen LogP contribution in [0.1, 0.15) is 12.0 Å². The van der Waals surface area contributed by atoms with Crippen molar-refractivity contribution in [1.82, 2.24) is 4.90 Å². The first-order valence-electron chi connectivity index (χ1n) is 5.51. The van der Waals surface area contributed by atoms with Gasteiger partial charge in [-0.25, -0.2) is 8.78 Å². The van der Waals surface area contributed by atoms with E-state index in [9.17, 15) is 13.6 Å². The minimum absolute atomic E-state index is 0.181. The Morgan fingerprint density at radius 1 is 1.50 bits per heavy atom. The van der Waals surface area contributed by atoms with E-state index < -0.39 is 17.7 Å². The van der Waals surface area contributed by atoms with Gasteiger partial charge in [0.2, 0.25) is 5.91 Å². The molecule has 18 heavy (non-hydrogen) atoms. The van der Waals surface area contributed by atoms with Crippen molar-refractivity contribution >= 4 is 5.91 Å². The standard InChI is InChI=1S/C13H16F2N2O/c1-3-4-12(16)13(18)17(2)8-9-5-6-10(14)11(15)7-9/h3,5-7,12H,1,4,8,16H2,2H3. The summed E-state index contributed by atoms with van der Waals surface area (Å²) < 4.78 is 25.7. The third-order valence-electron chi connectivity index (χ3n) is 2.52. The number of amides is 1. The second-order valence-corrected chi connectivity index (χ2v) is 4.07. The molecular weight excluding hydrogens is 238 g/mol. The molecule has 5 heteroatoms. The van der Waals surface area contributed by atoms with Crippen molar-refractivity contribution in [3.8, 4) is 0 Å². The van der Waals surface area contributed by atoms with Crippen molar-refractivity contribution in [3.05, 3.63) is 48.1 Å². The summed E-state index contributed by atoms with van der Waals surface area (Å²) in [6, 6.07) is 2.88. The maximum absolute atomic E-state index is 13.0. The Hall–Kier alpha value is -1.75. The molecule has 0 radical (unpaired) electrons. The molecule has 0 aromatic heterocycles. The van der Waals surface area contributed by atoms with Crippen LogP contribution in [-0.4, -0.2) is 23.9 Å². The average molecular weight is 254 g/mol. The summed E-state index contributed by atoms with van der Waals surface area (Å²) in [5.41, 5.74) is 6.15. The molecular formula is C13H16F2N2O. The van der Waals surface area contributed by atoms with Crippen LogP contribution in [0, 0.1) is 11.6 Å². The fourth-order valence-electron chi connectivity index (χ4n) is 1.55. The van der Waals surface area contributed by atoms with Crippen LogP contribution >= 0.6 is 0 Å². The number of carbonyl (C=O) groups is 1. The summed E-state index contributed by atoms with van der Waals surface area (Å²) in [6.07, 6.45) is 1.94. The summed E-state index contributed by atoms with van der Waals surface area (Å²) in [5.74, 6) is -2.10. The molecule has 1 amide bonds. The Morgan fingerprint density at radius 2 is 2.17 bits per heavy atom. The SMILES string of the molecule is C=CCC(N)C(=O)N(C)Cc1ccc(F)c(F)c1. The number of hydrogen-bond donors (Lipinski definition) is 1. The van der Waals surface area contributed by atoms with Crippen LogP contribution < -0.4 is 5.73 Å². The van der Waals surface area contributed by atoms with Crippen LogP contribution in [0.5, 0.6) is 0 Å². The molecule has 0 bridgehead atoms. The normalized spacial score (nSPS) is 12.0. The molecule has 1 aromatic carbocycles. The third kappa shape index (κ3) is 3.63. The van der Waals surface area contributed by atoms with E-state index in [-0.39, 0.29) is 12.5 Å². The van der Waals surface area contributed by atoms with Crippen LogP contribution in [0.3, 0.4) is 0 Å². The van der Waals surface area contributed by atoms with Crippen molar-refractivity contribution in [2.75, 3.05) is 7.05 Å². The minimum Gasteiger partial charge on any atom is -0.340 e. The smallest absolute Gasteiger partial charge is 0.239 e. The number of likely N-dealkylation sites (N-methyl/N-ethyl adjacent to an activating group) is 1. The molecule has 2 N–H and O–H groups in total. The van der Waals surface area contributed by atoms with Gasteiger partial charge in [0.25, 0.3) is 0 Å². The molecule has 3 nitrogen and oxygen atoms in total. The summed E-state index contributed by atoms with van der Waals surface area (Å²) in [7, 11) is 1.56. The van der Waals surface area contributed by atoms with E-state index in [4.69, 9.17) is 5.73 Å². The van der Waals surface area contributed by atoms with Gasteiger partial charge in [-0.05, 0) is 24.1 Å². The topological polar surface area (TPSA) is 46.3 Å². The van der Waals surface area contributed by atoms with Crippen LogP contribution in [0.4, 0.5) is 8.78 Å². The van der Waals surface area contributed by atoms with E-state index in [1.165, 1.54) is 11.0 Å². The molecule has 0 heterocycles. The zero-order valence-corrected chi connectivity index (χ0v) is 10.2. The third-order valence-corrected chi connectivity index (χ3v) is 2.52. The van der Waals surface area contributed by atoms with Crippen LogP contribution in [0.15, 0.2) is 30.9 Å². The summed E-state index contributed by atoms with van der Waals surface area (Å²) in [6.45, 7) is 3.69. The largest absolute Gasteiger partial charge is 0.340 e. The van der Waals surface area contributed by atoms with Crippen molar-refractivity contribution in [2.45, 2.75) is 19.0 Å². The molecule has 0 aliphatic heterocycles. The number of nitrogens with two attached hydrogens (primary N) is 1. The van der Waals surface area contributed by atoms with E-state index in [1.807, 2.05) is 0 Å². The molecule has 0 saturated heterocycles. The van der Waals surface area contributed by atoms with Gasteiger partial charge in [0.1, 0.15) is 0 Å². The average Bonchev–Trinajstić information content (AvgIpc) is 2.33. The second kappa shape index (κ2) is 6.26. The predicted octanol–water partition coefficient (Wildman–Crippen LogP) is 1.83. The molecule has 0 fully saturated rings. The molecule has 1 aromatic rings. The number of rotatable bonds is 5. The lowest BCUT2D eigenvalue weighted by molar-refractivity contribution is -0.131. The van der Waals surface area contributed by atoms with E-state index >= 15 is 0 Å². The van der Waals surface area contributed by atoms with E-state index in [0.717, 1.165) is 12.1 Å². The Morgan fingerprint density at radius 3 is 2.72 bits per heavy atom. The lowest BCUT2D eigenvalue weighted by Gasteiger charge is -2.20. The zero-order valence-electron chi connectivity index (χ0n) is 10.2. The maximum atomic E-state index is 13.0. The van der Waals surface area contributed by atoms with Crippen molar-refractivity contribution in [1.29, 1.82) is 0 Å². The van der Waals surface area contributed by atoms with Gasteiger partial charge < -0.3 is 10.6 Å². The Bertz CT molecular complexity index is 449. The van der Waals surface area contributed by atoms with Crippen molar-refractivity contribution in [2.24, 2.45) is 5.73 Å². The highest BCUT2D eigenvalue weighted by molar-refractivity contribution is 5.81. The van der Waals surface area contributed by atoms with Crippen molar-refractivity contribution < 1.29 is 13.6 Å². The van der Waals surface area contributed by atoms with Crippen LogP contribution in [-0.2, 0) is 11.3 Å². The van der Waals surface area contributed by atoms with E-state index in [0.29, 0.717) is 12.0 Å². The van der Waals surface area contributed by atoms with Crippen LogP contribution in [0.2, 0.25) is 0 Å². The summed E-state index contributed by atoms with van der Waals surface area (Å²) >= 11 is 0. The molecule has 0 aliphatic rings. The number of halogens is 2. The van der Waals surface area contributed by atoms with Gasteiger partial charge in [-0.3, -0.25) is 4.79 Å². The van der Waals surface area contributed by atoms with E-state index in [2.05, 4.69) is 6.58 Å². The quantitative estimate of drug-likeness (QED) is 0.815. The first-order chi connectivity index (χ1) is 8.45. The fourth-order valence-corrected chi connectivity index (χ4v) is 1.55. The van der Waals surface area contributed by atoms with Gasteiger partial charge in [0.15, 0.2) is 11.6 Å². The monoisotopic (exact) mass is 254 g/mol. The second-order valence-electron chi connectivity index (χ2n) is 4.07. The van der Waals surface area contributed by atoms with Gasteiger partial charge in [0, 0.05) is 13.6 Å². The van der Waals surface area contributed by atoms with Gasteiger partial charge >= 0.3 is 0 Å². The number of hydrogen-bond acceptors (Lipinski definition) is 2. The highest BCUT2D eigenvalue weighted by Crippen LogP contribution is 2.11. The molecule has 0 spiro atoms. The first kappa shape index (κ1) is 14.3. The summed E-state index contributed by atoms with van der Waals surface area (Å²) in [4.78, 5) is 13.2. The lowest BCUT2D eigenvalue weighted by Crippen LogP contribution is -2.41. The summed E-state index contributed by atoms with van der Waals surface area (Å²) in [5, 5.41) is 0. The fraction of sp³-hybridized carbons (Fsp3) is 0.308. The molecule has 98 valence electrons. The number of benzene rings is 1. The van der Waals surface area contributed by atoms with Gasteiger partial charge in [-0.15, -0.1) is 6.58 Å². The minimum atomic E-state index is -0.927. The Kier molecular flexibility index (Phi) is 4.97. The molecule has 0 saturated carbocycles. The molecule has 1 atom stereocenters. The van der Waals surface area contributed by atoms with Gasteiger partial charge in [-0.2, -0.15) is 0 Å². The Labute approximate surface area is 105 Å². The van der Waals surface area contributed by atoms with Crippen molar-refractivity contribution in [3.63, 3.8) is 0 Å². The maximum Gasteiger partial charge on any atom is 0.239 e. The van der Waals surface area contributed by atoms with E-state index in [1.54, 1.807) is 13.1 Å². The van der Waals surface area contributed by atoms with Crippen LogP contribution in [0.25, 0.3) is 0 Å².